The smallest absolute Gasteiger partial charge is 0.165 e. The second-order valence-corrected chi connectivity index (χ2v) is 16.6. The van der Waals surface area contributed by atoms with Crippen molar-refractivity contribution >= 4 is 65.0 Å². The van der Waals surface area contributed by atoms with Crippen LogP contribution in [0.1, 0.15) is 0 Å². The van der Waals surface area contributed by atoms with Gasteiger partial charge in [0.15, 0.2) is 17.5 Å². The van der Waals surface area contributed by atoms with E-state index in [4.69, 9.17) is 19.4 Å². The van der Waals surface area contributed by atoms with Gasteiger partial charge in [0, 0.05) is 38.6 Å². The lowest BCUT2D eigenvalue weighted by Crippen LogP contribution is -2.01. The number of nitrogens with zero attached hydrogens (tertiary/aromatic N) is 3. The minimum absolute atomic E-state index is 0.628. The average molecular weight is 828 g/mol. The van der Waals surface area contributed by atoms with Crippen LogP contribution in [0.3, 0.4) is 0 Å². The van der Waals surface area contributed by atoms with E-state index in [0.717, 1.165) is 76.9 Å². The summed E-state index contributed by atoms with van der Waals surface area (Å²) in [6.45, 7) is 0. The summed E-state index contributed by atoms with van der Waals surface area (Å²) >= 11 is 0. The summed E-state index contributed by atoms with van der Waals surface area (Å²) in [6.07, 6.45) is 0. The van der Waals surface area contributed by atoms with E-state index >= 15 is 0 Å². The largest absolute Gasteiger partial charge is 0.455 e. The van der Waals surface area contributed by atoms with Gasteiger partial charge in [0.2, 0.25) is 0 Å². The summed E-state index contributed by atoms with van der Waals surface area (Å²) in [5.74, 6) is 1.89. The van der Waals surface area contributed by atoms with Crippen LogP contribution in [0.25, 0.3) is 133 Å². The third-order valence-electron chi connectivity index (χ3n) is 12.9. The highest BCUT2D eigenvalue weighted by Gasteiger charge is 2.24. The van der Waals surface area contributed by atoms with Crippen LogP contribution >= 0.6 is 0 Å². The maximum atomic E-state index is 6.99. The summed E-state index contributed by atoms with van der Waals surface area (Å²) in [5.41, 5.74) is 11.5. The number of benzene rings is 11. The third kappa shape index (κ3) is 5.96. The van der Waals surface area contributed by atoms with Crippen LogP contribution in [0.5, 0.6) is 0 Å². The second-order valence-electron chi connectivity index (χ2n) is 16.6. The first-order valence-electron chi connectivity index (χ1n) is 22.0. The normalized spacial score (nSPS) is 11.7. The second kappa shape index (κ2) is 15.0. The number of fused-ring (bicyclic) bond motifs is 7. The van der Waals surface area contributed by atoms with Crippen LogP contribution in [0, 0.1) is 0 Å². The molecule has 13 rings (SSSR count). The van der Waals surface area contributed by atoms with Crippen molar-refractivity contribution in [2.24, 2.45) is 0 Å². The Labute approximate surface area is 374 Å². The van der Waals surface area contributed by atoms with E-state index in [0.29, 0.717) is 17.5 Å². The number of hydrogen-bond acceptors (Lipinski definition) is 4. The first-order valence-corrected chi connectivity index (χ1v) is 22.0. The molecule has 0 saturated carbocycles. The summed E-state index contributed by atoms with van der Waals surface area (Å²) < 4.78 is 6.99. The van der Waals surface area contributed by atoms with Gasteiger partial charge in [-0.1, -0.05) is 212 Å². The van der Waals surface area contributed by atoms with Crippen molar-refractivity contribution in [3.8, 4) is 67.5 Å². The van der Waals surface area contributed by atoms with E-state index in [1.54, 1.807) is 0 Å². The summed E-state index contributed by atoms with van der Waals surface area (Å²) in [4.78, 5) is 15.5. The molecule has 0 saturated heterocycles. The van der Waals surface area contributed by atoms with Gasteiger partial charge < -0.3 is 4.42 Å². The van der Waals surface area contributed by atoms with Gasteiger partial charge in [0.1, 0.15) is 11.2 Å². The summed E-state index contributed by atoms with van der Waals surface area (Å²) in [7, 11) is 0. The molecule has 302 valence electrons. The van der Waals surface area contributed by atoms with Crippen LogP contribution in [0.4, 0.5) is 0 Å². The zero-order valence-corrected chi connectivity index (χ0v) is 35.1. The quantitative estimate of drug-likeness (QED) is 0.157. The van der Waals surface area contributed by atoms with Crippen LogP contribution in [-0.4, -0.2) is 15.0 Å². The molecule has 0 aliphatic heterocycles. The molecule has 0 radical (unpaired) electrons. The molecule has 4 heteroatoms. The fraction of sp³-hybridized carbons (Fsp3) is 0. The predicted octanol–water partition coefficient (Wildman–Crippen LogP) is 16.4. The van der Waals surface area contributed by atoms with E-state index in [1.807, 2.05) is 36.4 Å². The van der Waals surface area contributed by atoms with Gasteiger partial charge in [-0.25, -0.2) is 15.0 Å². The molecule has 0 N–H and O–H groups in total. The number of para-hydroxylation sites is 1. The molecule has 0 aliphatic rings. The van der Waals surface area contributed by atoms with E-state index in [-0.39, 0.29) is 0 Å². The van der Waals surface area contributed by atoms with Crippen molar-refractivity contribution in [1.82, 2.24) is 15.0 Å². The molecule has 0 bridgehead atoms. The van der Waals surface area contributed by atoms with Crippen molar-refractivity contribution in [3.63, 3.8) is 0 Å². The molecule has 0 atom stereocenters. The van der Waals surface area contributed by atoms with Gasteiger partial charge >= 0.3 is 0 Å². The Morgan fingerprint density at radius 2 is 0.631 bits per heavy atom. The molecule has 0 fully saturated rings. The van der Waals surface area contributed by atoms with Gasteiger partial charge in [0.25, 0.3) is 0 Å². The van der Waals surface area contributed by atoms with Crippen molar-refractivity contribution in [3.05, 3.63) is 224 Å². The zero-order chi connectivity index (χ0) is 42.8. The highest BCUT2D eigenvalue weighted by molar-refractivity contribution is 6.25. The molecule has 4 nitrogen and oxygen atoms in total. The average Bonchev–Trinajstić information content (AvgIpc) is 3.76. The molecular weight excluding hydrogens is 791 g/mol. The van der Waals surface area contributed by atoms with Crippen LogP contribution in [0.2, 0.25) is 0 Å². The SMILES string of the molecule is c1ccc(-c2nc(-c3ccccc3)nc(-c3c4ccccc4c(-c4cccc5c4oc4ccc(-c6c7ccccc7c(-c7ccccc7)c7ccccc67)cc45)c4ccccc34)n2)cc1. The molecule has 65 heavy (non-hydrogen) atoms. The van der Waals surface area contributed by atoms with Gasteiger partial charge in [0.05, 0.1) is 0 Å². The van der Waals surface area contributed by atoms with Gasteiger partial charge in [-0.15, -0.1) is 0 Å². The highest BCUT2D eigenvalue weighted by atomic mass is 16.3. The Hall–Kier alpha value is -8.73. The molecule has 0 spiro atoms. The topological polar surface area (TPSA) is 51.8 Å². The Morgan fingerprint density at radius 3 is 1.12 bits per heavy atom. The Bertz CT molecular complexity index is 3820. The minimum atomic E-state index is 0.628. The van der Waals surface area contributed by atoms with Gasteiger partial charge in [-0.3, -0.25) is 0 Å². The first-order chi connectivity index (χ1) is 32.3. The lowest BCUT2D eigenvalue weighted by Gasteiger charge is -2.17. The van der Waals surface area contributed by atoms with Crippen molar-refractivity contribution < 1.29 is 4.42 Å². The number of aromatic nitrogens is 3. The summed E-state index contributed by atoms with van der Waals surface area (Å²) in [5, 5.41) is 11.4. The van der Waals surface area contributed by atoms with Crippen LogP contribution < -0.4 is 0 Å². The standard InChI is InChI=1S/C61H37N3O/c1-4-19-38(20-5-1)54-42-25-10-12-27-44(42)55(45-28-13-11-26-43(45)54)41-35-36-53-52(37-41)50-33-18-34-51(58(50)65-53)56-46-29-14-16-31-48(46)57(49-32-17-15-30-47(49)56)61-63-59(39-21-6-2-7-22-39)62-60(64-61)40-23-8-3-9-24-40/h1-37H. The van der Waals surface area contributed by atoms with Crippen molar-refractivity contribution in [2.45, 2.75) is 0 Å². The van der Waals surface area contributed by atoms with Crippen molar-refractivity contribution in [2.75, 3.05) is 0 Å². The number of rotatable bonds is 6. The van der Waals surface area contributed by atoms with Crippen LogP contribution in [-0.2, 0) is 0 Å². The van der Waals surface area contributed by atoms with E-state index in [1.165, 1.54) is 38.2 Å². The zero-order valence-electron chi connectivity index (χ0n) is 35.1. The van der Waals surface area contributed by atoms with Crippen LogP contribution in [0.15, 0.2) is 229 Å². The molecule has 11 aromatic carbocycles. The van der Waals surface area contributed by atoms with E-state index in [2.05, 4.69) is 188 Å². The monoisotopic (exact) mass is 827 g/mol. The van der Waals surface area contributed by atoms with Crippen molar-refractivity contribution in [1.29, 1.82) is 0 Å². The first kappa shape index (κ1) is 36.9. The van der Waals surface area contributed by atoms with E-state index < -0.39 is 0 Å². The van der Waals surface area contributed by atoms with E-state index in [9.17, 15) is 0 Å². The minimum Gasteiger partial charge on any atom is -0.455 e. The molecule has 2 aromatic heterocycles. The lowest BCUT2D eigenvalue weighted by atomic mass is 9.85. The molecule has 0 amide bonds. The number of furan rings is 1. The molecule has 0 unspecified atom stereocenters. The van der Waals surface area contributed by atoms with Gasteiger partial charge in [-0.05, 0) is 77.5 Å². The highest BCUT2D eigenvalue weighted by Crippen LogP contribution is 2.48. The number of hydrogen-bond donors (Lipinski definition) is 0. The Balaban J connectivity index is 1.04. The molecule has 13 aromatic rings. The van der Waals surface area contributed by atoms with Gasteiger partial charge in [-0.2, -0.15) is 0 Å². The Kier molecular flexibility index (Phi) is 8.50. The molecule has 2 heterocycles. The Morgan fingerprint density at radius 1 is 0.246 bits per heavy atom. The fourth-order valence-electron chi connectivity index (χ4n) is 10.1. The molecular formula is C61H37N3O. The predicted molar refractivity (Wildman–Crippen MR) is 270 cm³/mol. The molecule has 0 aliphatic carbocycles. The fourth-order valence-corrected chi connectivity index (χ4v) is 10.1. The lowest BCUT2D eigenvalue weighted by molar-refractivity contribution is 0.670. The maximum absolute atomic E-state index is 6.99. The third-order valence-corrected chi connectivity index (χ3v) is 12.9. The maximum Gasteiger partial charge on any atom is 0.165 e. The summed E-state index contributed by atoms with van der Waals surface area (Å²) in [6, 6.07) is 79.2.